The minimum absolute atomic E-state index is 0.115. The highest BCUT2D eigenvalue weighted by molar-refractivity contribution is 9.10. The molecule has 1 fully saturated rings. The molecule has 1 aromatic heterocycles. The van der Waals surface area contributed by atoms with Crippen LogP contribution in [0, 0.1) is 11.8 Å². The van der Waals surface area contributed by atoms with Gasteiger partial charge in [-0.05, 0) is 51.6 Å². The Kier molecular flexibility index (Phi) is 3.25. The van der Waals surface area contributed by atoms with Gasteiger partial charge in [0, 0.05) is 15.4 Å². The summed E-state index contributed by atoms with van der Waals surface area (Å²) in [6, 6.07) is 0. The standard InChI is InChI=1S/C12H18BrNS/c1-8-3-4-9(2)12(14,5-8)10-6-15-7-11(10)13/h6-9H,3-5,14H2,1-2H3. The number of rotatable bonds is 1. The molecule has 1 aromatic rings. The van der Waals surface area contributed by atoms with Crippen LogP contribution in [0.3, 0.4) is 0 Å². The molecule has 0 amide bonds. The molecule has 0 spiro atoms. The van der Waals surface area contributed by atoms with Crippen LogP contribution in [-0.2, 0) is 5.54 Å². The summed E-state index contributed by atoms with van der Waals surface area (Å²) >= 11 is 5.35. The Balaban J connectivity index is 2.35. The van der Waals surface area contributed by atoms with Gasteiger partial charge in [-0.2, -0.15) is 11.3 Å². The molecule has 84 valence electrons. The quantitative estimate of drug-likeness (QED) is 0.826. The maximum atomic E-state index is 6.64. The zero-order valence-corrected chi connectivity index (χ0v) is 11.7. The predicted molar refractivity (Wildman–Crippen MR) is 70.1 cm³/mol. The van der Waals surface area contributed by atoms with Gasteiger partial charge in [0.05, 0.1) is 0 Å². The van der Waals surface area contributed by atoms with E-state index in [1.54, 1.807) is 11.3 Å². The van der Waals surface area contributed by atoms with Crippen LogP contribution < -0.4 is 5.73 Å². The highest BCUT2D eigenvalue weighted by Crippen LogP contribution is 2.45. The van der Waals surface area contributed by atoms with Gasteiger partial charge in [-0.1, -0.05) is 20.3 Å². The van der Waals surface area contributed by atoms with Gasteiger partial charge in [-0.3, -0.25) is 0 Å². The van der Waals surface area contributed by atoms with Crippen LogP contribution in [0.4, 0.5) is 0 Å². The summed E-state index contributed by atoms with van der Waals surface area (Å²) in [5, 5.41) is 4.34. The maximum absolute atomic E-state index is 6.64. The van der Waals surface area contributed by atoms with Crippen LogP contribution in [0.25, 0.3) is 0 Å². The molecule has 1 aliphatic rings. The molecule has 3 unspecified atom stereocenters. The zero-order valence-electron chi connectivity index (χ0n) is 9.29. The Bertz CT molecular complexity index is 349. The fourth-order valence-electron chi connectivity index (χ4n) is 2.66. The molecular weight excluding hydrogens is 270 g/mol. The van der Waals surface area contributed by atoms with E-state index in [9.17, 15) is 0 Å². The van der Waals surface area contributed by atoms with E-state index in [4.69, 9.17) is 5.73 Å². The van der Waals surface area contributed by atoms with E-state index in [-0.39, 0.29) is 5.54 Å². The van der Waals surface area contributed by atoms with Gasteiger partial charge in [0.25, 0.3) is 0 Å². The Morgan fingerprint density at radius 2 is 2.13 bits per heavy atom. The highest BCUT2D eigenvalue weighted by Gasteiger charge is 2.39. The molecule has 0 radical (unpaired) electrons. The van der Waals surface area contributed by atoms with Crippen molar-refractivity contribution in [3.05, 3.63) is 20.8 Å². The lowest BCUT2D eigenvalue weighted by Crippen LogP contribution is -2.47. The first kappa shape index (κ1) is 11.6. The van der Waals surface area contributed by atoms with E-state index in [1.165, 1.54) is 22.9 Å². The first-order valence-corrected chi connectivity index (χ1v) is 7.28. The van der Waals surface area contributed by atoms with E-state index in [0.717, 1.165) is 12.3 Å². The first-order valence-electron chi connectivity index (χ1n) is 5.55. The fourth-order valence-corrected chi connectivity index (χ4v) is 4.42. The summed E-state index contributed by atoms with van der Waals surface area (Å²) in [6.07, 6.45) is 3.69. The van der Waals surface area contributed by atoms with Crippen LogP contribution in [-0.4, -0.2) is 0 Å². The molecule has 1 nitrogen and oxygen atoms in total. The van der Waals surface area contributed by atoms with E-state index in [0.29, 0.717) is 5.92 Å². The van der Waals surface area contributed by atoms with E-state index >= 15 is 0 Å². The second kappa shape index (κ2) is 4.19. The molecule has 0 saturated heterocycles. The van der Waals surface area contributed by atoms with Gasteiger partial charge in [0.2, 0.25) is 0 Å². The van der Waals surface area contributed by atoms with Gasteiger partial charge in [0.1, 0.15) is 0 Å². The lowest BCUT2D eigenvalue weighted by molar-refractivity contribution is 0.162. The molecule has 3 heteroatoms. The number of nitrogens with two attached hydrogens (primary N) is 1. The van der Waals surface area contributed by atoms with Crippen molar-refractivity contribution in [3.63, 3.8) is 0 Å². The largest absolute Gasteiger partial charge is 0.321 e. The highest BCUT2D eigenvalue weighted by atomic mass is 79.9. The molecule has 0 aromatic carbocycles. The normalized spacial score (nSPS) is 36.8. The van der Waals surface area contributed by atoms with Crippen molar-refractivity contribution in [1.82, 2.24) is 0 Å². The Morgan fingerprint density at radius 3 is 2.73 bits per heavy atom. The lowest BCUT2D eigenvalue weighted by atomic mass is 9.68. The number of hydrogen-bond acceptors (Lipinski definition) is 2. The Labute approximate surface area is 104 Å². The van der Waals surface area contributed by atoms with Crippen molar-refractivity contribution in [2.75, 3.05) is 0 Å². The summed E-state index contributed by atoms with van der Waals surface area (Å²) in [6.45, 7) is 4.60. The van der Waals surface area contributed by atoms with Gasteiger partial charge in [0.15, 0.2) is 0 Å². The summed E-state index contributed by atoms with van der Waals surface area (Å²) in [5.41, 5.74) is 7.83. The molecular formula is C12H18BrNS. The smallest absolute Gasteiger partial charge is 0.0457 e. The molecule has 1 aliphatic carbocycles. The minimum atomic E-state index is -0.115. The summed E-state index contributed by atoms with van der Waals surface area (Å²) in [5.74, 6) is 1.33. The number of hydrogen-bond donors (Lipinski definition) is 1. The fraction of sp³-hybridized carbons (Fsp3) is 0.667. The Morgan fingerprint density at radius 1 is 1.40 bits per heavy atom. The van der Waals surface area contributed by atoms with Crippen molar-refractivity contribution in [3.8, 4) is 0 Å². The molecule has 1 heterocycles. The molecule has 0 aliphatic heterocycles. The van der Waals surface area contributed by atoms with Crippen LogP contribution >= 0.6 is 27.3 Å². The average molecular weight is 288 g/mol. The van der Waals surface area contributed by atoms with Crippen molar-refractivity contribution in [1.29, 1.82) is 0 Å². The van der Waals surface area contributed by atoms with E-state index < -0.39 is 0 Å². The van der Waals surface area contributed by atoms with E-state index in [1.807, 2.05) is 0 Å². The zero-order chi connectivity index (χ0) is 11.1. The van der Waals surface area contributed by atoms with Crippen molar-refractivity contribution >= 4 is 27.3 Å². The third-order valence-electron chi connectivity index (χ3n) is 3.77. The maximum Gasteiger partial charge on any atom is 0.0457 e. The third kappa shape index (κ3) is 2.02. The first-order chi connectivity index (χ1) is 7.04. The summed E-state index contributed by atoms with van der Waals surface area (Å²) in [7, 11) is 0. The molecule has 15 heavy (non-hydrogen) atoms. The molecule has 0 bridgehead atoms. The minimum Gasteiger partial charge on any atom is -0.321 e. The summed E-state index contributed by atoms with van der Waals surface area (Å²) in [4.78, 5) is 0. The summed E-state index contributed by atoms with van der Waals surface area (Å²) < 4.78 is 1.19. The lowest BCUT2D eigenvalue weighted by Gasteiger charge is -2.42. The third-order valence-corrected chi connectivity index (χ3v) is 5.48. The molecule has 2 rings (SSSR count). The number of thiophene rings is 1. The molecule has 2 N–H and O–H groups in total. The van der Waals surface area contributed by atoms with Crippen LogP contribution in [0.1, 0.15) is 38.7 Å². The van der Waals surface area contributed by atoms with Crippen LogP contribution in [0.2, 0.25) is 0 Å². The van der Waals surface area contributed by atoms with Gasteiger partial charge >= 0.3 is 0 Å². The van der Waals surface area contributed by atoms with Crippen LogP contribution in [0.5, 0.6) is 0 Å². The number of halogens is 1. The van der Waals surface area contributed by atoms with Gasteiger partial charge < -0.3 is 5.73 Å². The van der Waals surface area contributed by atoms with E-state index in [2.05, 4.69) is 40.5 Å². The second-order valence-corrected chi connectivity index (χ2v) is 6.56. The Hall–Kier alpha value is 0.140. The molecule has 3 atom stereocenters. The average Bonchev–Trinajstić information content (AvgIpc) is 2.59. The predicted octanol–water partition coefficient (Wildman–Crippen LogP) is 4.12. The molecule has 1 saturated carbocycles. The van der Waals surface area contributed by atoms with Crippen molar-refractivity contribution in [2.24, 2.45) is 17.6 Å². The monoisotopic (exact) mass is 287 g/mol. The van der Waals surface area contributed by atoms with Crippen molar-refractivity contribution in [2.45, 2.75) is 38.6 Å². The van der Waals surface area contributed by atoms with Gasteiger partial charge in [-0.15, -0.1) is 0 Å². The van der Waals surface area contributed by atoms with Gasteiger partial charge in [-0.25, -0.2) is 0 Å². The SMILES string of the molecule is CC1CCC(C)C(N)(c2cscc2Br)C1. The second-order valence-electron chi connectivity index (χ2n) is 4.96. The topological polar surface area (TPSA) is 26.0 Å². The van der Waals surface area contributed by atoms with Crippen molar-refractivity contribution < 1.29 is 0 Å². The van der Waals surface area contributed by atoms with Crippen LogP contribution in [0.15, 0.2) is 15.2 Å².